The number of nitro groups is 1. The van der Waals surface area contributed by atoms with Crippen molar-refractivity contribution in [2.75, 3.05) is 10.6 Å². The molecule has 0 aliphatic carbocycles. The highest BCUT2D eigenvalue weighted by atomic mass is 32.2. The van der Waals surface area contributed by atoms with Gasteiger partial charge in [-0.15, -0.1) is 0 Å². The van der Waals surface area contributed by atoms with Crippen LogP contribution in [-0.2, 0) is 21.4 Å². The van der Waals surface area contributed by atoms with Gasteiger partial charge in [0.15, 0.2) is 0 Å². The van der Waals surface area contributed by atoms with E-state index in [4.69, 9.17) is 4.74 Å². The first-order valence-electron chi connectivity index (χ1n) is 10.5. The molecule has 0 heterocycles. The van der Waals surface area contributed by atoms with E-state index in [1.165, 1.54) is 25.3 Å². The van der Waals surface area contributed by atoms with Crippen molar-refractivity contribution in [3.63, 3.8) is 0 Å². The average Bonchev–Trinajstić information content (AvgIpc) is 2.83. The van der Waals surface area contributed by atoms with Crippen LogP contribution in [0.3, 0.4) is 0 Å². The lowest BCUT2D eigenvalue weighted by Crippen LogP contribution is -2.46. The number of hydrazone groups is 1. The third-order valence-corrected chi connectivity index (χ3v) is 6.16. The lowest BCUT2D eigenvalue weighted by Gasteiger charge is -2.27. The molecule has 1 N–H and O–H groups in total. The van der Waals surface area contributed by atoms with E-state index in [-0.39, 0.29) is 12.3 Å². The van der Waals surface area contributed by atoms with Crippen LogP contribution in [0.4, 0.5) is 11.4 Å². The Morgan fingerprint density at radius 3 is 2.29 bits per heavy atom. The number of para-hydroxylation sites is 1. The van der Waals surface area contributed by atoms with Crippen LogP contribution in [0.25, 0.3) is 0 Å². The SMILES string of the molecule is C[C@H](C(=O)N/N=C\c1ccc(OCc2ccc([N+](=O)[O-])cc2)cc1)N(c1ccccc1)S(C)(=O)=O. The van der Waals surface area contributed by atoms with Gasteiger partial charge in [0.2, 0.25) is 10.0 Å². The summed E-state index contributed by atoms with van der Waals surface area (Å²) in [7, 11) is -3.70. The minimum absolute atomic E-state index is 0.0166. The predicted octanol–water partition coefficient (Wildman–Crippen LogP) is 3.48. The topological polar surface area (TPSA) is 131 Å². The highest BCUT2D eigenvalue weighted by Crippen LogP contribution is 2.20. The zero-order valence-electron chi connectivity index (χ0n) is 19.1. The molecule has 0 radical (unpaired) electrons. The van der Waals surface area contributed by atoms with Crippen LogP contribution in [0.1, 0.15) is 18.1 Å². The van der Waals surface area contributed by atoms with Crippen LogP contribution in [0.15, 0.2) is 84.0 Å². The molecule has 3 rings (SSSR count). The van der Waals surface area contributed by atoms with Gasteiger partial charge in [0.05, 0.1) is 23.1 Å². The predicted molar refractivity (Wildman–Crippen MR) is 133 cm³/mol. The number of sulfonamides is 1. The van der Waals surface area contributed by atoms with Gasteiger partial charge in [0.1, 0.15) is 18.4 Å². The van der Waals surface area contributed by atoms with Crippen LogP contribution in [0, 0.1) is 10.1 Å². The number of anilines is 1. The number of benzene rings is 3. The Hall–Kier alpha value is -4.25. The van der Waals surface area contributed by atoms with Gasteiger partial charge in [-0.25, -0.2) is 13.8 Å². The molecule has 35 heavy (non-hydrogen) atoms. The van der Waals surface area contributed by atoms with E-state index >= 15 is 0 Å². The molecule has 0 bridgehead atoms. The Morgan fingerprint density at radius 1 is 1.09 bits per heavy atom. The molecular formula is C24H24N4O6S. The smallest absolute Gasteiger partial charge is 0.269 e. The Morgan fingerprint density at radius 2 is 1.71 bits per heavy atom. The largest absolute Gasteiger partial charge is 0.489 e. The van der Waals surface area contributed by atoms with Gasteiger partial charge in [-0.1, -0.05) is 18.2 Å². The quantitative estimate of drug-likeness (QED) is 0.260. The summed E-state index contributed by atoms with van der Waals surface area (Å²) < 4.78 is 31.2. The molecule has 0 spiro atoms. The second-order valence-corrected chi connectivity index (χ2v) is 9.45. The van der Waals surface area contributed by atoms with Gasteiger partial charge < -0.3 is 4.74 Å². The summed E-state index contributed by atoms with van der Waals surface area (Å²) in [5, 5.41) is 14.6. The van der Waals surface area contributed by atoms with Crippen molar-refractivity contribution < 1.29 is 22.9 Å². The molecule has 0 aliphatic rings. The van der Waals surface area contributed by atoms with E-state index in [1.54, 1.807) is 66.7 Å². The molecule has 0 unspecified atom stereocenters. The van der Waals surface area contributed by atoms with E-state index in [2.05, 4.69) is 10.5 Å². The molecule has 10 nitrogen and oxygen atoms in total. The summed E-state index contributed by atoms with van der Waals surface area (Å²) in [4.78, 5) is 22.8. The van der Waals surface area contributed by atoms with Gasteiger partial charge in [0.25, 0.3) is 11.6 Å². The minimum atomic E-state index is -3.70. The lowest BCUT2D eigenvalue weighted by atomic mass is 10.2. The van der Waals surface area contributed by atoms with Crippen molar-refractivity contribution in [1.29, 1.82) is 0 Å². The third-order valence-electron chi connectivity index (χ3n) is 4.92. The molecule has 0 saturated carbocycles. The number of ether oxygens (including phenoxy) is 1. The van der Waals surface area contributed by atoms with Crippen LogP contribution in [0.2, 0.25) is 0 Å². The zero-order chi connectivity index (χ0) is 25.4. The fourth-order valence-electron chi connectivity index (χ4n) is 3.18. The first-order valence-corrected chi connectivity index (χ1v) is 12.3. The fraction of sp³-hybridized carbons (Fsp3) is 0.167. The summed E-state index contributed by atoms with van der Waals surface area (Å²) >= 11 is 0. The summed E-state index contributed by atoms with van der Waals surface area (Å²) in [5.41, 5.74) is 4.24. The van der Waals surface area contributed by atoms with E-state index in [0.717, 1.165) is 16.1 Å². The van der Waals surface area contributed by atoms with Crippen molar-refractivity contribution in [1.82, 2.24) is 5.43 Å². The van der Waals surface area contributed by atoms with E-state index < -0.39 is 26.9 Å². The van der Waals surface area contributed by atoms with Gasteiger partial charge in [-0.05, 0) is 66.6 Å². The van der Waals surface area contributed by atoms with Crippen LogP contribution >= 0.6 is 0 Å². The number of non-ortho nitro benzene ring substituents is 1. The number of nitrogens with zero attached hydrogens (tertiary/aromatic N) is 3. The number of amides is 1. The maximum absolute atomic E-state index is 12.5. The molecule has 1 amide bonds. The van der Waals surface area contributed by atoms with E-state index in [1.807, 2.05) is 0 Å². The molecular weight excluding hydrogens is 472 g/mol. The van der Waals surface area contributed by atoms with Gasteiger partial charge in [0, 0.05) is 12.1 Å². The van der Waals surface area contributed by atoms with E-state index in [9.17, 15) is 23.3 Å². The molecule has 0 fully saturated rings. The van der Waals surface area contributed by atoms with Crippen molar-refractivity contribution >= 4 is 33.5 Å². The van der Waals surface area contributed by atoms with Crippen molar-refractivity contribution in [3.05, 3.63) is 100 Å². The Balaban J connectivity index is 1.56. The summed E-state index contributed by atoms with van der Waals surface area (Å²) in [5.74, 6) is 0.00314. The maximum Gasteiger partial charge on any atom is 0.269 e. The number of hydrogen-bond acceptors (Lipinski definition) is 7. The fourth-order valence-corrected chi connectivity index (χ4v) is 4.35. The maximum atomic E-state index is 12.5. The number of carbonyl (C=O) groups is 1. The Bertz CT molecular complexity index is 1290. The zero-order valence-corrected chi connectivity index (χ0v) is 19.9. The van der Waals surface area contributed by atoms with Crippen molar-refractivity contribution in [3.8, 4) is 5.75 Å². The average molecular weight is 497 g/mol. The standard InChI is InChI=1S/C24H24N4O6S/c1-18(27(35(2,32)33)21-6-4-3-5-7-21)24(29)26-25-16-19-10-14-23(15-11-19)34-17-20-8-12-22(13-9-20)28(30)31/h3-16,18H,17H2,1-2H3,(H,26,29)/b25-16-/t18-/m1/s1. The van der Waals surface area contributed by atoms with Crippen LogP contribution < -0.4 is 14.5 Å². The first-order chi connectivity index (χ1) is 16.6. The highest BCUT2D eigenvalue weighted by molar-refractivity contribution is 7.92. The Kier molecular flexibility index (Phi) is 8.16. The molecule has 0 aromatic heterocycles. The molecule has 3 aromatic carbocycles. The van der Waals surface area contributed by atoms with Crippen LogP contribution in [0.5, 0.6) is 5.75 Å². The van der Waals surface area contributed by atoms with Crippen LogP contribution in [-0.4, -0.2) is 37.8 Å². The summed E-state index contributed by atoms with van der Waals surface area (Å²) in [6, 6.07) is 20.3. The van der Waals surface area contributed by atoms with Gasteiger partial charge in [-0.3, -0.25) is 19.2 Å². The first kappa shape index (κ1) is 25.4. The van der Waals surface area contributed by atoms with Gasteiger partial charge in [-0.2, -0.15) is 5.10 Å². The molecule has 0 saturated heterocycles. The molecule has 0 aliphatic heterocycles. The monoisotopic (exact) mass is 496 g/mol. The molecule has 182 valence electrons. The lowest BCUT2D eigenvalue weighted by molar-refractivity contribution is -0.384. The normalized spacial score (nSPS) is 12.2. The summed E-state index contributed by atoms with van der Waals surface area (Å²) in [6.45, 7) is 1.73. The minimum Gasteiger partial charge on any atom is -0.489 e. The second kappa shape index (κ2) is 11.3. The number of nitro benzene ring substituents is 1. The number of hydrogen-bond donors (Lipinski definition) is 1. The highest BCUT2D eigenvalue weighted by Gasteiger charge is 2.28. The number of nitrogens with one attached hydrogen (secondary N) is 1. The summed E-state index contributed by atoms with van der Waals surface area (Å²) in [6.07, 6.45) is 2.47. The molecule has 11 heteroatoms. The van der Waals surface area contributed by atoms with E-state index in [0.29, 0.717) is 17.0 Å². The molecule has 1 atom stereocenters. The molecule has 3 aromatic rings. The number of rotatable bonds is 10. The second-order valence-electron chi connectivity index (χ2n) is 7.59. The Labute approximate surface area is 203 Å². The van der Waals surface area contributed by atoms with Gasteiger partial charge >= 0.3 is 0 Å². The van der Waals surface area contributed by atoms with Crippen molar-refractivity contribution in [2.24, 2.45) is 5.10 Å². The number of carbonyl (C=O) groups excluding carboxylic acids is 1. The van der Waals surface area contributed by atoms with Crippen molar-refractivity contribution in [2.45, 2.75) is 19.6 Å². The third kappa shape index (κ3) is 7.11.